The van der Waals surface area contributed by atoms with Crippen LogP contribution < -0.4 is 5.32 Å². The van der Waals surface area contributed by atoms with E-state index in [2.05, 4.69) is 19.2 Å². The zero-order valence-electron chi connectivity index (χ0n) is 11.6. The minimum absolute atomic E-state index is 0.522. The molecule has 0 aromatic carbocycles. The highest BCUT2D eigenvalue weighted by Crippen LogP contribution is 2.34. The first-order valence-electron chi connectivity index (χ1n) is 7.63. The molecular weight excluding hydrogens is 210 g/mol. The quantitative estimate of drug-likeness (QED) is 0.700. The molecule has 0 bridgehead atoms. The van der Waals surface area contributed by atoms with Crippen molar-refractivity contribution in [3.8, 4) is 0 Å². The van der Waals surface area contributed by atoms with Gasteiger partial charge in [-0.25, -0.2) is 0 Å². The summed E-state index contributed by atoms with van der Waals surface area (Å²) in [4.78, 5) is 0. The molecule has 0 amide bonds. The number of rotatable bonds is 8. The topological polar surface area (TPSA) is 21.3 Å². The van der Waals surface area contributed by atoms with Crippen LogP contribution in [0.4, 0.5) is 0 Å². The predicted octanol–water partition coefficient (Wildman–Crippen LogP) is 3.50. The Morgan fingerprint density at radius 2 is 1.94 bits per heavy atom. The van der Waals surface area contributed by atoms with E-state index in [0.29, 0.717) is 11.5 Å². The normalized spacial score (nSPS) is 25.4. The van der Waals surface area contributed by atoms with Crippen molar-refractivity contribution in [3.05, 3.63) is 0 Å². The first kappa shape index (κ1) is 13.4. The summed E-state index contributed by atoms with van der Waals surface area (Å²) in [6.45, 7) is 6.93. The molecule has 1 saturated carbocycles. The van der Waals surface area contributed by atoms with Crippen LogP contribution in [0.5, 0.6) is 0 Å². The van der Waals surface area contributed by atoms with Crippen molar-refractivity contribution in [2.45, 2.75) is 77.4 Å². The highest BCUT2D eigenvalue weighted by Gasteiger charge is 2.30. The molecule has 17 heavy (non-hydrogen) atoms. The lowest BCUT2D eigenvalue weighted by atomic mass is 9.77. The van der Waals surface area contributed by atoms with E-state index in [1.54, 1.807) is 0 Å². The fraction of sp³-hybridized carbons (Fsp3) is 1.00. The summed E-state index contributed by atoms with van der Waals surface area (Å²) in [7, 11) is 0. The lowest BCUT2D eigenvalue weighted by molar-refractivity contribution is 0.0844. The van der Waals surface area contributed by atoms with Crippen LogP contribution in [0, 0.1) is 5.41 Å². The molecule has 1 unspecified atom stereocenters. The number of ether oxygens (including phenoxy) is 1. The minimum Gasteiger partial charge on any atom is -0.378 e. The molecular formula is C15H29NO. The Bertz CT molecular complexity index is 215. The van der Waals surface area contributed by atoms with Crippen molar-refractivity contribution in [2.75, 3.05) is 13.2 Å². The number of hydrogen-bond acceptors (Lipinski definition) is 2. The Morgan fingerprint density at radius 1 is 1.18 bits per heavy atom. The van der Waals surface area contributed by atoms with E-state index in [1.165, 1.54) is 57.9 Å². The van der Waals surface area contributed by atoms with Crippen LogP contribution in [-0.2, 0) is 4.74 Å². The molecule has 1 heterocycles. The van der Waals surface area contributed by atoms with E-state index < -0.39 is 0 Å². The highest BCUT2D eigenvalue weighted by atomic mass is 16.5. The Hall–Kier alpha value is -0.0800. The van der Waals surface area contributed by atoms with Crippen LogP contribution in [0.2, 0.25) is 0 Å². The van der Waals surface area contributed by atoms with Crippen molar-refractivity contribution < 1.29 is 4.74 Å². The summed E-state index contributed by atoms with van der Waals surface area (Å²) < 4.78 is 5.75. The SMILES string of the molecule is CCC(CC)(CCC1CCCO1)CNC1CC1. The molecule has 1 aliphatic carbocycles. The summed E-state index contributed by atoms with van der Waals surface area (Å²) >= 11 is 0. The van der Waals surface area contributed by atoms with Gasteiger partial charge in [-0.3, -0.25) is 0 Å². The van der Waals surface area contributed by atoms with E-state index in [9.17, 15) is 0 Å². The van der Waals surface area contributed by atoms with E-state index >= 15 is 0 Å². The predicted molar refractivity (Wildman–Crippen MR) is 72.2 cm³/mol. The maximum absolute atomic E-state index is 5.75. The summed E-state index contributed by atoms with van der Waals surface area (Å²) in [6, 6.07) is 0.843. The van der Waals surface area contributed by atoms with Crippen molar-refractivity contribution >= 4 is 0 Å². The lowest BCUT2D eigenvalue weighted by Gasteiger charge is -2.33. The third-order valence-corrected chi connectivity index (χ3v) is 4.86. The van der Waals surface area contributed by atoms with E-state index in [0.717, 1.165) is 12.6 Å². The molecule has 2 fully saturated rings. The Morgan fingerprint density at radius 3 is 2.47 bits per heavy atom. The fourth-order valence-corrected chi connectivity index (χ4v) is 2.93. The molecule has 2 rings (SSSR count). The summed E-state index contributed by atoms with van der Waals surface area (Å²) in [5.74, 6) is 0. The van der Waals surface area contributed by atoms with Gasteiger partial charge in [-0.05, 0) is 56.8 Å². The molecule has 1 aliphatic heterocycles. The van der Waals surface area contributed by atoms with Gasteiger partial charge in [-0.2, -0.15) is 0 Å². The molecule has 0 spiro atoms. The second kappa shape index (κ2) is 6.19. The van der Waals surface area contributed by atoms with Gasteiger partial charge in [0.15, 0.2) is 0 Å². The van der Waals surface area contributed by atoms with Gasteiger partial charge in [-0.1, -0.05) is 13.8 Å². The Kier molecular flexibility index (Phi) is 4.87. The fourth-order valence-electron chi connectivity index (χ4n) is 2.93. The van der Waals surface area contributed by atoms with Crippen molar-refractivity contribution in [3.63, 3.8) is 0 Å². The van der Waals surface area contributed by atoms with Gasteiger partial charge in [-0.15, -0.1) is 0 Å². The van der Waals surface area contributed by atoms with Crippen molar-refractivity contribution in [2.24, 2.45) is 5.41 Å². The maximum atomic E-state index is 5.75. The van der Waals surface area contributed by atoms with Crippen molar-refractivity contribution in [1.29, 1.82) is 0 Å². The third-order valence-electron chi connectivity index (χ3n) is 4.86. The highest BCUT2D eigenvalue weighted by molar-refractivity contribution is 4.87. The van der Waals surface area contributed by atoms with Gasteiger partial charge in [0.25, 0.3) is 0 Å². The Balaban J connectivity index is 1.75. The van der Waals surface area contributed by atoms with Gasteiger partial charge in [0.1, 0.15) is 0 Å². The first-order valence-corrected chi connectivity index (χ1v) is 7.63. The van der Waals surface area contributed by atoms with Gasteiger partial charge < -0.3 is 10.1 Å². The smallest absolute Gasteiger partial charge is 0.0576 e. The van der Waals surface area contributed by atoms with Crippen LogP contribution >= 0.6 is 0 Å². The average molecular weight is 239 g/mol. The molecule has 100 valence electrons. The number of hydrogen-bond donors (Lipinski definition) is 1. The number of nitrogens with one attached hydrogen (secondary N) is 1. The van der Waals surface area contributed by atoms with Gasteiger partial charge in [0.2, 0.25) is 0 Å². The molecule has 0 aromatic heterocycles. The van der Waals surface area contributed by atoms with Crippen LogP contribution in [0.3, 0.4) is 0 Å². The molecule has 2 nitrogen and oxygen atoms in total. The van der Waals surface area contributed by atoms with E-state index in [-0.39, 0.29) is 0 Å². The maximum Gasteiger partial charge on any atom is 0.0576 e. The molecule has 0 radical (unpaired) electrons. The largest absolute Gasteiger partial charge is 0.378 e. The van der Waals surface area contributed by atoms with Gasteiger partial charge in [0, 0.05) is 19.2 Å². The molecule has 0 aromatic rings. The zero-order chi connectivity index (χ0) is 12.1. The molecule has 2 heteroatoms. The average Bonchev–Trinajstić information content (AvgIpc) is 3.05. The van der Waals surface area contributed by atoms with Crippen LogP contribution in [0.25, 0.3) is 0 Å². The summed E-state index contributed by atoms with van der Waals surface area (Å²) in [5.41, 5.74) is 0.522. The molecule has 1 saturated heterocycles. The first-order chi connectivity index (χ1) is 8.28. The molecule has 1 atom stereocenters. The Labute approximate surface area is 107 Å². The summed E-state index contributed by atoms with van der Waals surface area (Å²) in [6.07, 6.45) is 11.1. The second-order valence-electron chi connectivity index (χ2n) is 6.04. The monoisotopic (exact) mass is 239 g/mol. The van der Waals surface area contributed by atoms with Crippen LogP contribution in [-0.4, -0.2) is 25.3 Å². The van der Waals surface area contributed by atoms with Crippen molar-refractivity contribution in [1.82, 2.24) is 5.32 Å². The van der Waals surface area contributed by atoms with Gasteiger partial charge >= 0.3 is 0 Å². The van der Waals surface area contributed by atoms with Crippen LogP contribution in [0.15, 0.2) is 0 Å². The van der Waals surface area contributed by atoms with E-state index in [4.69, 9.17) is 4.74 Å². The zero-order valence-corrected chi connectivity index (χ0v) is 11.6. The lowest BCUT2D eigenvalue weighted by Crippen LogP contribution is -2.35. The van der Waals surface area contributed by atoms with Gasteiger partial charge in [0.05, 0.1) is 6.10 Å². The molecule has 1 N–H and O–H groups in total. The van der Waals surface area contributed by atoms with Crippen LogP contribution in [0.1, 0.15) is 65.2 Å². The second-order valence-corrected chi connectivity index (χ2v) is 6.04. The summed E-state index contributed by atoms with van der Waals surface area (Å²) in [5, 5.41) is 3.73. The standard InChI is InChI=1S/C15H29NO/c1-3-15(4-2,12-16-13-7-8-13)10-9-14-6-5-11-17-14/h13-14,16H,3-12H2,1-2H3. The third kappa shape index (κ3) is 3.96. The minimum atomic E-state index is 0.522. The van der Waals surface area contributed by atoms with E-state index in [1.807, 2.05) is 0 Å². The molecule has 2 aliphatic rings.